The molecule has 0 rings (SSSR count). The molecule has 0 spiro atoms. The first kappa shape index (κ1) is 45.5. The second-order valence-corrected chi connectivity index (χ2v) is 14.1. The number of esters is 2. The number of phosphoric acid groups is 1. The summed E-state index contributed by atoms with van der Waals surface area (Å²) in [6, 6.07) is 0. The Bertz CT molecular complexity index is 823. The highest BCUT2D eigenvalue weighted by molar-refractivity contribution is 7.46. The van der Waals surface area contributed by atoms with E-state index in [1.807, 2.05) is 0 Å². The molecule has 0 bridgehead atoms. The zero-order valence-electron chi connectivity index (χ0n) is 30.2. The molecular formula is C38H71O8P. The first-order chi connectivity index (χ1) is 22.8. The maximum atomic E-state index is 12.4. The van der Waals surface area contributed by atoms with Gasteiger partial charge in [0.1, 0.15) is 6.61 Å². The Balaban J connectivity index is 3.98. The van der Waals surface area contributed by atoms with Gasteiger partial charge < -0.3 is 19.3 Å². The normalized spacial score (nSPS) is 12.7. The van der Waals surface area contributed by atoms with Crippen molar-refractivity contribution in [3.63, 3.8) is 0 Å². The van der Waals surface area contributed by atoms with Crippen molar-refractivity contribution in [2.24, 2.45) is 0 Å². The minimum absolute atomic E-state index is 0.202. The Morgan fingerprint density at radius 2 is 0.894 bits per heavy atom. The fourth-order valence-electron chi connectivity index (χ4n) is 5.30. The van der Waals surface area contributed by atoms with Gasteiger partial charge in [0.15, 0.2) is 6.10 Å². The molecular weight excluding hydrogens is 615 g/mol. The second-order valence-electron chi connectivity index (χ2n) is 12.9. The molecule has 0 radical (unpaired) electrons. The molecule has 9 heteroatoms. The molecule has 0 fully saturated rings. The van der Waals surface area contributed by atoms with Crippen molar-refractivity contribution in [1.82, 2.24) is 0 Å². The Morgan fingerprint density at radius 1 is 0.532 bits per heavy atom. The Hall–Kier alpha value is -1.47. The van der Waals surface area contributed by atoms with E-state index in [0.717, 1.165) is 64.2 Å². The number of carbonyl (C=O) groups is 2. The number of unbranched alkanes of at least 4 members (excludes halogenated alkanes) is 21. The fraction of sp³-hybridized carbons (Fsp3) is 0.842. The van der Waals surface area contributed by atoms with Crippen LogP contribution >= 0.6 is 7.82 Å². The summed E-state index contributed by atoms with van der Waals surface area (Å²) in [5.74, 6) is -0.902. The van der Waals surface area contributed by atoms with Crippen LogP contribution in [0.1, 0.15) is 187 Å². The summed E-state index contributed by atoms with van der Waals surface area (Å²) in [5.41, 5.74) is 0. The smallest absolute Gasteiger partial charge is 0.462 e. The lowest BCUT2D eigenvalue weighted by Crippen LogP contribution is -2.29. The van der Waals surface area contributed by atoms with Crippen molar-refractivity contribution in [2.75, 3.05) is 13.2 Å². The van der Waals surface area contributed by atoms with Crippen LogP contribution in [0.2, 0.25) is 0 Å². The van der Waals surface area contributed by atoms with E-state index in [1.54, 1.807) is 0 Å². The van der Waals surface area contributed by atoms with Crippen molar-refractivity contribution in [2.45, 2.75) is 193 Å². The van der Waals surface area contributed by atoms with Gasteiger partial charge in [-0.2, -0.15) is 0 Å². The van der Waals surface area contributed by atoms with Gasteiger partial charge in [-0.05, 0) is 64.2 Å². The van der Waals surface area contributed by atoms with E-state index < -0.39 is 32.5 Å². The Morgan fingerprint density at radius 3 is 1.30 bits per heavy atom. The molecule has 2 N–H and O–H groups in total. The van der Waals surface area contributed by atoms with Crippen LogP contribution in [0.25, 0.3) is 0 Å². The monoisotopic (exact) mass is 686 g/mol. The Labute approximate surface area is 288 Å². The first-order valence-corrected chi connectivity index (χ1v) is 20.7. The lowest BCUT2D eigenvalue weighted by Gasteiger charge is -2.18. The highest BCUT2D eigenvalue weighted by Gasteiger charge is 2.22. The van der Waals surface area contributed by atoms with Crippen LogP contribution in [0.5, 0.6) is 0 Å². The van der Waals surface area contributed by atoms with Crippen molar-refractivity contribution in [1.29, 1.82) is 0 Å². The highest BCUT2D eigenvalue weighted by atomic mass is 31.2. The molecule has 8 nitrogen and oxygen atoms in total. The predicted molar refractivity (Wildman–Crippen MR) is 193 cm³/mol. The van der Waals surface area contributed by atoms with E-state index in [0.29, 0.717) is 12.8 Å². The second kappa shape index (κ2) is 34.4. The quantitative estimate of drug-likeness (QED) is 0.0292. The van der Waals surface area contributed by atoms with Gasteiger partial charge in [0, 0.05) is 12.8 Å². The van der Waals surface area contributed by atoms with Gasteiger partial charge in [0.2, 0.25) is 0 Å². The van der Waals surface area contributed by atoms with Crippen LogP contribution in [0.15, 0.2) is 24.3 Å². The number of hydrogen-bond donors (Lipinski definition) is 2. The molecule has 0 aromatic heterocycles. The molecule has 47 heavy (non-hydrogen) atoms. The third kappa shape index (κ3) is 37.2. The number of ether oxygens (including phenoxy) is 2. The van der Waals surface area contributed by atoms with Crippen molar-refractivity contribution < 1.29 is 37.9 Å². The molecule has 0 amide bonds. The number of hydrogen-bond acceptors (Lipinski definition) is 6. The largest absolute Gasteiger partial charge is 0.469 e. The Kier molecular flexibility index (Phi) is 33.3. The molecule has 0 aliphatic carbocycles. The first-order valence-electron chi connectivity index (χ1n) is 19.1. The van der Waals surface area contributed by atoms with Crippen LogP contribution in [-0.2, 0) is 28.2 Å². The lowest BCUT2D eigenvalue weighted by molar-refractivity contribution is -0.161. The minimum atomic E-state index is -4.75. The molecule has 0 heterocycles. The number of rotatable bonds is 35. The van der Waals surface area contributed by atoms with Crippen LogP contribution < -0.4 is 0 Å². The molecule has 0 aromatic carbocycles. The van der Waals surface area contributed by atoms with E-state index in [1.165, 1.54) is 83.5 Å². The van der Waals surface area contributed by atoms with E-state index in [9.17, 15) is 14.2 Å². The molecule has 0 saturated carbocycles. The molecule has 0 aliphatic heterocycles. The SMILES string of the molecule is CCCCCCC/C=C/CCCCCCCC(=O)OC[C@H](COP(=O)(O)O)OC(=O)CCCCCCC/C=C/CCCCCCCC. The maximum Gasteiger partial charge on any atom is 0.469 e. The summed E-state index contributed by atoms with van der Waals surface area (Å²) in [5, 5.41) is 0. The zero-order chi connectivity index (χ0) is 34.7. The molecule has 0 saturated heterocycles. The van der Waals surface area contributed by atoms with Gasteiger partial charge >= 0.3 is 19.8 Å². The zero-order valence-corrected chi connectivity index (χ0v) is 31.1. The summed E-state index contributed by atoms with van der Waals surface area (Å²) >= 11 is 0. The summed E-state index contributed by atoms with van der Waals surface area (Å²) in [4.78, 5) is 42.7. The average molecular weight is 687 g/mol. The highest BCUT2D eigenvalue weighted by Crippen LogP contribution is 2.36. The van der Waals surface area contributed by atoms with Crippen LogP contribution in [0.4, 0.5) is 0 Å². The van der Waals surface area contributed by atoms with E-state index in [4.69, 9.17) is 19.3 Å². The third-order valence-electron chi connectivity index (χ3n) is 8.19. The molecule has 276 valence electrons. The van der Waals surface area contributed by atoms with Gasteiger partial charge in [0.05, 0.1) is 6.61 Å². The average Bonchev–Trinajstić information content (AvgIpc) is 3.03. The van der Waals surface area contributed by atoms with Crippen molar-refractivity contribution >= 4 is 19.8 Å². The number of allylic oxidation sites excluding steroid dienone is 4. The number of phosphoric ester groups is 1. The standard InChI is InChI=1S/C38H71O8P/c1-3-5-7-9-11-13-15-17-19-21-23-25-27-29-31-33-38(40)46-36(35-45-47(41,42)43)34-44-37(39)32-30-28-26-24-22-20-18-16-14-12-10-8-6-4-2/h16-19,36H,3-15,20-35H2,1-2H3,(H2,41,42,43)/b18-16+,19-17+/t36-/m1/s1. The molecule has 0 aliphatic rings. The van der Waals surface area contributed by atoms with E-state index in [2.05, 4.69) is 42.7 Å². The van der Waals surface area contributed by atoms with Gasteiger partial charge in [-0.1, -0.05) is 134 Å². The van der Waals surface area contributed by atoms with Crippen LogP contribution in [-0.4, -0.2) is 41.0 Å². The van der Waals surface area contributed by atoms with Crippen LogP contribution in [0.3, 0.4) is 0 Å². The van der Waals surface area contributed by atoms with E-state index >= 15 is 0 Å². The fourth-order valence-corrected chi connectivity index (χ4v) is 5.66. The van der Waals surface area contributed by atoms with Crippen LogP contribution in [0, 0.1) is 0 Å². The van der Waals surface area contributed by atoms with Gasteiger partial charge in [-0.15, -0.1) is 0 Å². The summed E-state index contributed by atoms with van der Waals surface area (Å²) in [6.07, 6.45) is 37.5. The third-order valence-corrected chi connectivity index (χ3v) is 8.68. The molecule has 0 aromatic rings. The molecule has 0 unspecified atom stereocenters. The lowest BCUT2D eigenvalue weighted by atomic mass is 10.1. The van der Waals surface area contributed by atoms with E-state index in [-0.39, 0.29) is 19.4 Å². The predicted octanol–water partition coefficient (Wildman–Crippen LogP) is 11.2. The van der Waals surface area contributed by atoms with Crippen molar-refractivity contribution in [3.8, 4) is 0 Å². The summed E-state index contributed by atoms with van der Waals surface area (Å²) in [7, 11) is -4.75. The maximum absolute atomic E-state index is 12.4. The van der Waals surface area contributed by atoms with Gasteiger partial charge in [-0.25, -0.2) is 4.57 Å². The van der Waals surface area contributed by atoms with Gasteiger partial charge in [0.25, 0.3) is 0 Å². The van der Waals surface area contributed by atoms with Gasteiger partial charge in [-0.3, -0.25) is 14.1 Å². The minimum Gasteiger partial charge on any atom is -0.462 e. The molecule has 1 atom stereocenters. The summed E-state index contributed by atoms with van der Waals surface area (Å²) < 4.78 is 26.3. The number of carbonyl (C=O) groups excluding carboxylic acids is 2. The van der Waals surface area contributed by atoms with Crippen molar-refractivity contribution in [3.05, 3.63) is 24.3 Å². The topological polar surface area (TPSA) is 119 Å². The summed E-state index contributed by atoms with van der Waals surface area (Å²) in [6.45, 7) is 3.65.